The van der Waals surface area contributed by atoms with Gasteiger partial charge in [-0.3, -0.25) is 0 Å². The second kappa shape index (κ2) is 6.40. The van der Waals surface area contributed by atoms with E-state index in [-0.39, 0.29) is 27.4 Å². The van der Waals surface area contributed by atoms with E-state index in [0.717, 1.165) is 6.07 Å². The number of halogens is 3. The van der Waals surface area contributed by atoms with E-state index in [1.807, 2.05) is 6.92 Å². The van der Waals surface area contributed by atoms with Crippen LogP contribution in [0.5, 0.6) is 0 Å². The van der Waals surface area contributed by atoms with Gasteiger partial charge in [-0.25, -0.2) is 12.8 Å². The summed E-state index contributed by atoms with van der Waals surface area (Å²) in [6.07, 6.45) is 0. The molecule has 0 radical (unpaired) electrons. The number of alkyl halides is 1. The quantitative estimate of drug-likeness (QED) is 0.778. The lowest BCUT2D eigenvalue weighted by atomic mass is 10.2. The molecule has 1 saturated heterocycles. The zero-order chi connectivity index (χ0) is 14.9. The number of sulfonamides is 1. The number of rotatable bonds is 3. The van der Waals surface area contributed by atoms with E-state index in [4.69, 9.17) is 23.2 Å². The van der Waals surface area contributed by atoms with Gasteiger partial charge in [0, 0.05) is 34.7 Å². The third kappa shape index (κ3) is 3.09. The van der Waals surface area contributed by atoms with Crippen molar-refractivity contribution >= 4 is 45.0 Å². The Kier molecular flexibility index (Phi) is 5.24. The van der Waals surface area contributed by atoms with Crippen molar-refractivity contribution in [2.45, 2.75) is 23.7 Å². The molecule has 1 aromatic carbocycles. The monoisotopic (exact) mass is 357 g/mol. The summed E-state index contributed by atoms with van der Waals surface area (Å²) in [4.78, 5) is -0.389. The molecule has 1 aliphatic rings. The minimum absolute atomic E-state index is 0.0942. The highest BCUT2D eigenvalue weighted by atomic mass is 35.5. The van der Waals surface area contributed by atoms with Gasteiger partial charge < -0.3 is 0 Å². The first kappa shape index (κ1) is 16.4. The van der Waals surface area contributed by atoms with Gasteiger partial charge in [-0.15, -0.1) is 11.6 Å². The third-order valence-corrected chi connectivity index (χ3v) is 6.82. The van der Waals surface area contributed by atoms with E-state index in [9.17, 15) is 12.8 Å². The predicted octanol–water partition coefficient (Wildman–Crippen LogP) is 3.34. The summed E-state index contributed by atoms with van der Waals surface area (Å²) in [7, 11) is -3.90. The van der Waals surface area contributed by atoms with Gasteiger partial charge in [0.15, 0.2) is 0 Å². The molecular formula is C12H14Cl2FNO2S2. The van der Waals surface area contributed by atoms with Crippen molar-refractivity contribution in [3.8, 4) is 0 Å². The fourth-order valence-corrected chi connectivity index (χ4v) is 5.59. The lowest BCUT2D eigenvalue weighted by Gasteiger charge is -2.32. The molecule has 1 unspecified atom stereocenters. The fraction of sp³-hybridized carbons (Fsp3) is 0.500. The van der Waals surface area contributed by atoms with Crippen LogP contribution in [0.25, 0.3) is 0 Å². The maximum Gasteiger partial charge on any atom is 0.246 e. The Labute approximate surface area is 132 Å². The molecule has 20 heavy (non-hydrogen) atoms. The van der Waals surface area contributed by atoms with Crippen LogP contribution in [-0.4, -0.2) is 36.8 Å². The lowest BCUT2D eigenvalue weighted by Crippen LogP contribution is -2.44. The Hall–Kier alpha value is -0.0100. The molecule has 0 bridgehead atoms. The third-order valence-electron chi connectivity index (χ3n) is 3.12. The van der Waals surface area contributed by atoms with Crippen LogP contribution in [0.2, 0.25) is 5.02 Å². The summed E-state index contributed by atoms with van der Waals surface area (Å²) >= 11 is 13.2. The van der Waals surface area contributed by atoms with Crippen molar-refractivity contribution in [3.05, 3.63) is 28.5 Å². The van der Waals surface area contributed by atoms with E-state index in [1.54, 1.807) is 11.8 Å². The average Bonchev–Trinajstić information content (AvgIpc) is 2.41. The summed E-state index contributed by atoms with van der Waals surface area (Å²) in [6, 6.07) is 2.33. The van der Waals surface area contributed by atoms with Crippen LogP contribution in [0, 0.1) is 5.82 Å². The van der Waals surface area contributed by atoms with Crippen LogP contribution in [0.4, 0.5) is 4.39 Å². The minimum atomic E-state index is -3.90. The first-order valence-corrected chi connectivity index (χ1v) is 9.52. The molecule has 2 rings (SSSR count). The summed E-state index contributed by atoms with van der Waals surface area (Å²) in [6.45, 7) is 2.19. The SMILES string of the molecule is CC1CSCCN1S(=O)(=O)c1cc(Cl)cc(CCl)c1F. The van der Waals surface area contributed by atoms with Crippen LogP contribution in [-0.2, 0) is 15.9 Å². The van der Waals surface area contributed by atoms with Gasteiger partial charge >= 0.3 is 0 Å². The Morgan fingerprint density at radius 3 is 2.80 bits per heavy atom. The summed E-state index contributed by atoms with van der Waals surface area (Å²) in [5.74, 6) is 0.466. The van der Waals surface area contributed by atoms with Crippen LogP contribution >= 0.6 is 35.0 Å². The van der Waals surface area contributed by atoms with Crippen molar-refractivity contribution in [2.24, 2.45) is 0 Å². The summed E-state index contributed by atoms with van der Waals surface area (Å²) < 4.78 is 40.8. The molecule has 0 N–H and O–H groups in total. The maximum absolute atomic E-state index is 14.3. The number of thioether (sulfide) groups is 1. The lowest BCUT2D eigenvalue weighted by molar-refractivity contribution is 0.365. The van der Waals surface area contributed by atoms with Crippen LogP contribution < -0.4 is 0 Å². The first-order valence-electron chi connectivity index (χ1n) is 6.01. The van der Waals surface area contributed by atoms with Crippen molar-refractivity contribution < 1.29 is 12.8 Å². The molecule has 1 aliphatic heterocycles. The highest BCUT2D eigenvalue weighted by Gasteiger charge is 2.34. The Bertz CT molecular complexity index is 610. The van der Waals surface area contributed by atoms with Crippen LogP contribution in [0.15, 0.2) is 17.0 Å². The predicted molar refractivity (Wildman–Crippen MR) is 81.6 cm³/mol. The van der Waals surface area contributed by atoms with Gasteiger partial charge in [-0.2, -0.15) is 16.1 Å². The zero-order valence-corrected chi connectivity index (χ0v) is 13.9. The van der Waals surface area contributed by atoms with Crippen molar-refractivity contribution in [1.82, 2.24) is 4.31 Å². The second-order valence-corrected chi connectivity index (χ2v) is 8.26. The van der Waals surface area contributed by atoms with Crippen molar-refractivity contribution in [1.29, 1.82) is 0 Å². The first-order chi connectivity index (χ1) is 9.37. The van der Waals surface area contributed by atoms with Gasteiger partial charge in [0.1, 0.15) is 10.7 Å². The standard InChI is InChI=1S/C12H14Cl2FNO2S2/c1-8-7-19-3-2-16(8)20(17,18)11-5-10(14)4-9(6-13)12(11)15/h4-5,8H,2-3,6-7H2,1H3. The van der Waals surface area contributed by atoms with Gasteiger partial charge in [0.05, 0.1) is 5.88 Å². The van der Waals surface area contributed by atoms with Gasteiger partial charge in [0.25, 0.3) is 0 Å². The van der Waals surface area contributed by atoms with Crippen LogP contribution in [0.3, 0.4) is 0 Å². The molecule has 112 valence electrons. The molecule has 0 amide bonds. The van der Waals surface area contributed by atoms with Gasteiger partial charge in [0.2, 0.25) is 10.0 Å². The number of benzene rings is 1. The fourth-order valence-electron chi connectivity index (χ4n) is 2.10. The van der Waals surface area contributed by atoms with Gasteiger partial charge in [-0.05, 0) is 19.1 Å². The topological polar surface area (TPSA) is 37.4 Å². The molecule has 8 heteroatoms. The Morgan fingerprint density at radius 2 is 2.20 bits per heavy atom. The molecule has 1 atom stereocenters. The van der Waals surface area contributed by atoms with E-state index < -0.39 is 15.8 Å². The molecule has 0 saturated carbocycles. The number of hydrogen-bond donors (Lipinski definition) is 0. The van der Waals surface area contributed by atoms with E-state index in [2.05, 4.69) is 0 Å². The minimum Gasteiger partial charge on any atom is -0.207 e. The summed E-state index contributed by atoms with van der Waals surface area (Å²) in [5.41, 5.74) is 0.0942. The molecule has 0 aliphatic carbocycles. The molecule has 1 fully saturated rings. The normalized spacial score (nSPS) is 21.1. The smallest absolute Gasteiger partial charge is 0.207 e. The Balaban J connectivity index is 2.51. The zero-order valence-electron chi connectivity index (χ0n) is 10.8. The number of nitrogens with zero attached hydrogens (tertiary/aromatic N) is 1. The molecule has 1 aromatic rings. The molecule has 1 heterocycles. The van der Waals surface area contributed by atoms with E-state index >= 15 is 0 Å². The molecule has 0 spiro atoms. The maximum atomic E-state index is 14.3. The highest BCUT2D eigenvalue weighted by molar-refractivity contribution is 7.99. The molecular weight excluding hydrogens is 344 g/mol. The summed E-state index contributed by atoms with van der Waals surface area (Å²) in [5, 5.41) is 0.166. The van der Waals surface area contributed by atoms with Gasteiger partial charge in [-0.1, -0.05) is 11.6 Å². The van der Waals surface area contributed by atoms with E-state index in [0.29, 0.717) is 18.1 Å². The Morgan fingerprint density at radius 1 is 1.50 bits per heavy atom. The van der Waals surface area contributed by atoms with Crippen molar-refractivity contribution in [2.75, 3.05) is 18.1 Å². The average molecular weight is 358 g/mol. The molecule has 0 aromatic heterocycles. The largest absolute Gasteiger partial charge is 0.246 e. The number of hydrogen-bond acceptors (Lipinski definition) is 3. The second-order valence-electron chi connectivity index (χ2n) is 4.55. The van der Waals surface area contributed by atoms with E-state index in [1.165, 1.54) is 10.4 Å². The highest BCUT2D eigenvalue weighted by Crippen LogP contribution is 2.30. The molecule has 3 nitrogen and oxygen atoms in total. The van der Waals surface area contributed by atoms with Crippen molar-refractivity contribution in [3.63, 3.8) is 0 Å². The van der Waals surface area contributed by atoms with Crippen LogP contribution in [0.1, 0.15) is 12.5 Å².